The summed E-state index contributed by atoms with van der Waals surface area (Å²) in [5.74, 6) is 0.483. The Morgan fingerprint density at radius 2 is 1.88 bits per heavy atom. The maximum absolute atomic E-state index is 12.9. The van der Waals surface area contributed by atoms with E-state index >= 15 is 0 Å². The summed E-state index contributed by atoms with van der Waals surface area (Å²) in [4.78, 5) is 41.8. The first kappa shape index (κ1) is 17.0. The summed E-state index contributed by atoms with van der Waals surface area (Å²) < 4.78 is 5.49. The number of urea groups is 1. The van der Waals surface area contributed by atoms with Crippen LogP contribution in [0.5, 0.6) is 0 Å². The molecule has 3 amide bonds. The first-order chi connectivity index (χ1) is 11.6. The number of carbonyl (C=O) groups is 3. The van der Waals surface area contributed by atoms with Gasteiger partial charge in [0.15, 0.2) is 5.78 Å². The predicted octanol–water partition coefficient (Wildman–Crippen LogP) is 2.49. The standard InChI is InChI=1S/C18H21N3O4/c1-9-6-13(11(3)19-9)15(22)8-21-16(23)18(5,20-17(21)24)14-7-10(2)25-12(14)4/h6-7,19H,8H2,1-5H3,(H,20,24)/t18-/m1/s1. The molecule has 2 aromatic heterocycles. The third-order valence-electron chi connectivity index (χ3n) is 4.61. The lowest BCUT2D eigenvalue weighted by molar-refractivity contribution is -0.130. The highest BCUT2D eigenvalue weighted by atomic mass is 16.3. The first-order valence-corrected chi connectivity index (χ1v) is 8.04. The Bertz CT molecular complexity index is 892. The van der Waals surface area contributed by atoms with Crippen molar-refractivity contribution in [2.75, 3.05) is 6.54 Å². The number of nitrogens with one attached hydrogen (secondary N) is 2. The van der Waals surface area contributed by atoms with E-state index in [0.717, 1.165) is 16.3 Å². The minimum atomic E-state index is -1.23. The van der Waals surface area contributed by atoms with Crippen molar-refractivity contribution in [3.05, 3.63) is 46.2 Å². The molecule has 1 aliphatic rings. The zero-order valence-corrected chi connectivity index (χ0v) is 14.9. The van der Waals surface area contributed by atoms with Gasteiger partial charge in [-0.05, 0) is 46.8 Å². The van der Waals surface area contributed by atoms with Crippen LogP contribution in [0.25, 0.3) is 0 Å². The summed E-state index contributed by atoms with van der Waals surface area (Å²) in [6.45, 7) is 8.48. The predicted molar refractivity (Wildman–Crippen MR) is 90.4 cm³/mol. The van der Waals surface area contributed by atoms with Gasteiger partial charge in [0.05, 0.1) is 6.54 Å². The van der Waals surface area contributed by atoms with Crippen LogP contribution in [0, 0.1) is 27.7 Å². The Morgan fingerprint density at radius 3 is 2.40 bits per heavy atom. The van der Waals surface area contributed by atoms with Crippen LogP contribution in [-0.2, 0) is 10.3 Å². The normalized spacial score (nSPS) is 20.3. The fraction of sp³-hybridized carbons (Fsp3) is 0.389. The van der Waals surface area contributed by atoms with Gasteiger partial charge < -0.3 is 14.7 Å². The van der Waals surface area contributed by atoms with Gasteiger partial charge in [0, 0.05) is 22.5 Å². The molecule has 0 aromatic carbocycles. The van der Waals surface area contributed by atoms with Gasteiger partial charge in [0.1, 0.15) is 17.1 Å². The molecule has 1 fully saturated rings. The van der Waals surface area contributed by atoms with Crippen LogP contribution in [-0.4, -0.2) is 34.2 Å². The number of imide groups is 1. The lowest BCUT2D eigenvalue weighted by Gasteiger charge is -2.21. The molecule has 0 bridgehead atoms. The Labute approximate surface area is 145 Å². The summed E-state index contributed by atoms with van der Waals surface area (Å²) in [6.07, 6.45) is 0. The molecule has 0 unspecified atom stereocenters. The van der Waals surface area contributed by atoms with Crippen molar-refractivity contribution in [1.29, 1.82) is 0 Å². The molecule has 0 saturated carbocycles. The van der Waals surface area contributed by atoms with Gasteiger partial charge in [-0.1, -0.05) is 0 Å². The van der Waals surface area contributed by atoms with Gasteiger partial charge in [-0.25, -0.2) is 4.79 Å². The molecule has 3 rings (SSSR count). The van der Waals surface area contributed by atoms with E-state index in [1.807, 2.05) is 6.92 Å². The number of furan rings is 1. The highest BCUT2D eigenvalue weighted by molar-refractivity contribution is 6.11. The molecule has 132 valence electrons. The summed E-state index contributed by atoms with van der Waals surface area (Å²) in [7, 11) is 0. The molecular formula is C18H21N3O4. The van der Waals surface area contributed by atoms with Crippen LogP contribution < -0.4 is 5.32 Å². The number of aromatic nitrogens is 1. The molecule has 7 heteroatoms. The third kappa shape index (κ3) is 2.65. The summed E-state index contributed by atoms with van der Waals surface area (Å²) in [5.41, 5.74) is 1.43. The Kier molecular flexibility index (Phi) is 3.82. The number of hydrogen-bond acceptors (Lipinski definition) is 4. The number of aromatic amines is 1. The van der Waals surface area contributed by atoms with Crippen LogP contribution in [0.3, 0.4) is 0 Å². The maximum Gasteiger partial charge on any atom is 0.325 e. The van der Waals surface area contributed by atoms with E-state index in [9.17, 15) is 14.4 Å². The van der Waals surface area contributed by atoms with Gasteiger partial charge in [-0.15, -0.1) is 0 Å². The van der Waals surface area contributed by atoms with Crippen molar-refractivity contribution >= 4 is 17.7 Å². The molecule has 1 saturated heterocycles. The third-order valence-corrected chi connectivity index (χ3v) is 4.61. The highest BCUT2D eigenvalue weighted by Gasteiger charge is 2.51. The second kappa shape index (κ2) is 5.61. The SMILES string of the molecule is Cc1cc(C(=O)CN2C(=O)N[C@](C)(c3cc(C)oc3C)C2=O)c(C)[nH]1. The van der Waals surface area contributed by atoms with E-state index in [4.69, 9.17) is 4.42 Å². The molecular weight excluding hydrogens is 322 g/mol. The summed E-state index contributed by atoms with van der Waals surface area (Å²) >= 11 is 0. The number of Topliss-reactive ketones (excluding diaryl/α,β-unsaturated/α-hetero) is 1. The number of aryl methyl sites for hydroxylation is 4. The Balaban J connectivity index is 1.88. The molecule has 0 radical (unpaired) electrons. The van der Waals surface area contributed by atoms with Crippen LogP contribution >= 0.6 is 0 Å². The van der Waals surface area contributed by atoms with Crippen LogP contribution in [0.2, 0.25) is 0 Å². The zero-order valence-electron chi connectivity index (χ0n) is 14.9. The van der Waals surface area contributed by atoms with Crippen molar-refractivity contribution < 1.29 is 18.8 Å². The van der Waals surface area contributed by atoms with Crippen molar-refractivity contribution in [3.8, 4) is 0 Å². The van der Waals surface area contributed by atoms with E-state index in [2.05, 4.69) is 10.3 Å². The Morgan fingerprint density at radius 1 is 1.20 bits per heavy atom. The van der Waals surface area contributed by atoms with E-state index in [0.29, 0.717) is 22.6 Å². The van der Waals surface area contributed by atoms with Gasteiger partial charge in [0.2, 0.25) is 0 Å². The smallest absolute Gasteiger partial charge is 0.325 e. The Hall–Kier alpha value is -2.83. The summed E-state index contributed by atoms with van der Waals surface area (Å²) in [6, 6.07) is 2.88. The van der Waals surface area contributed by atoms with Crippen molar-refractivity contribution in [2.45, 2.75) is 40.2 Å². The molecule has 1 atom stereocenters. The fourth-order valence-electron chi connectivity index (χ4n) is 3.39. The second-order valence-corrected chi connectivity index (χ2v) is 6.69. The molecule has 2 aromatic rings. The van der Waals surface area contributed by atoms with Gasteiger partial charge in [-0.3, -0.25) is 14.5 Å². The molecule has 25 heavy (non-hydrogen) atoms. The van der Waals surface area contributed by atoms with Crippen molar-refractivity contribution in [3.63, 3.8) is 0 Å². The highest BCUT2D eigenvalue weighted by Crippen LogP contribution is 2.33. The van der Waals surface area contributed by atoms with Gasteiger partial charge >= 0.3 is 6.03 Å². The van der Waals surface area contributed by atoms with Gasteiger partial charge in [0.25, 0.3) is 5.91 Å². The quantitative estimate of drug-likeness (QED) is 0.658. The minimum Gasteiger partial charge on any atom is -0.466 e. The molecule has 0 aliphatic carbocycles. The lowest BCUT2D eigenvalue weighted by atomic mass is 9.92. The largest absolute Gasteiger partial charge is 0.466 e. The number of rotatable bonds is 4. The van der Waals surface area contributed by atoms with Crippen molar-refractivity contribution in [2.24, 2.45) is 0 Å². The van der Waals surface area contributed by atoms with Gasteiger partial charge in [-0.2, -0.15) is 0 Å². The number of hydrogen-bond donors (Lipinski definition) is 2. The summed E-state index contributed by atoms with van der Waals surface area (Å²) in [5, 5.41) is 2.69. The minimum absolute atomic E-state index is 0.283. The van der Waals surface area contributed by atoms with E-state index in [-0.39, 0.29) is 12.3 Å². The second-order valence-electron chi connectivity index (χ2n) is 6.69. The molecule has 7 nitrogen and oxygen atoms in total. The number of amides is 3. The lowest BCUT2D eigenvalue weighted by Crippen LogP contribution is -2.41. The van der Waals surface area contributed by atoms with Crippen LogP contribution in [0.4, 0.5) is 4.79 Å². The average Bonchev–Trinajstić information content (AvgIpc) is 3.10. The van der Waals surface area contributed by atoms with Crippen LogP contribution in [0.15, 0.2) is 16.5 Å². The zero-order chi connectivity index (χ0) is 18.5. The number of nitrogens with zero attached hydrogens (tertiary/aromatic N) is 1. The average molecular weight is 343 g/mol. The topological polar surface area (TPSA) is 95.4 Å². The number of carbonyl (C=O) groups excluding carboxylic acids is 3. The molecule has 0 spiro atoms. The molecule has 1 aliphatic heterocycles. The number of ketones is 1. The molecule has 2 N–H and O–H groups in total. The maximum atomic E-state index is 12.9. The fourth-order valence-corrected chi connectivity index (χ4v) is 3.39. The van der Waals surface area contributed by atoms with E-state index in [1.165, 1.54) is 0 Å². The van der Waals surface area contributed by atoms with Crippen LogP contribution in [0.1, 0.15) is 45.8 Å². The molecule has 3 heterocycles. The first-order valence-electron chi connectivity index (χ1n) is 8.04. The monoisotopic (exact) mass is 343 g/mol. The van der Waals surface area contributed by atoms with Crippen molar-refractivity contribution in [1.82, 2.24) is 15.2 Å². The van der Waals surface area contributed by atoms with E-state index < -0.39 is 17.5 Å². The number of H-pyrrole nitrogens is 1. The van der Waals surface area contributed by atoms with E-state index in [1.54, 1.807) is 39.8 Å².